The van der Waals surface area contributed by atoms with Gasteiger partial charge in [-0.25, -0.2) is 8.78 Å². The van der Waals surface area contributed by atoms with Crippen molar-refractivity contribution < 1.29 is 28.2 Å². The molecule has 1 N–H and O–H groups in total. The normalized spacial score (nSPS) is 17.8. The molecule has 0 spiro atoms. The lowest BCUT2D eigenvalue weighted by atomic mass is 9.94. The van der Waals surface area contributed by atoms with Gasteiger partial charge in [0.2, 0.25) is 0 Å². The Kier molecular flexibility index (Phi) is 5.25. The minimum atomic E-state index is -1.08. The molecule has 1 heterocycles. The number of ether oxygens (including phenoxy) is 1. The second-order valence-electron chi connectivity index (χ2n) is 6.90. The summed E-state index contributed by atoms with van der Waals surface area (Å²) >= 11 is 0. The third-order valence-electron chi connectivity index (χ3n) is 5.08. The lowest BCUT2D eigenvalue weighted by molar-refractivity contribution is -0.132. The summed E-state index contributed by atoms with van der Waals surface area (Å²) in [5.41, 5.74) is 0.539. The fourth-order valence-electron chi connectivity index (χ4n) is 3.67. The van der Waals surface area contributed by atoms with Gasteiger partial charge in [0, 0.05) is 16.8 Å². The highest BCUT2D eigenvalue weighted by Gasteiger charge is 2.48. The van der Waals surface area contributed by atoms with E-state index in [1.165, 1.54) is 37.4 Å². The van der Waals surface area contributed by atoms with Crippen molar-refractivity contribution in [3.63, 3.8) is 0 Å². The SMILES string of the molecule is COc1ccccc1C1/C(=C(\O)c2ccc(F)cc2)C(=O)C(=O)N1c1cccc(F)c1. The van der Waals surface area contributed by atoms with Crippen LogP contribution in [0.5, 0.6) is 5.75 Å². The monoisotopic (exact) mass is 421 g/mol. The van der Waals surface area contributed by atoms with Gasteiger partial charge in [-0.2, -0.15) is 0 Å². The Labute approximate surface area is 176 Å². The van der Waals surface area contributed by atoms with Gasteiger partial charge >= 0.3 is 0 Å². The van der Waals surface area contributed by atoms with Crippen LogP contribution >= 0.6 is 0 Å². The van der Waals surface area contributed by atoms with Crippen LogP contribution in [0.25, 0.3) is 5.76 Å². The first kappa shape index (κ1) is 20.3. The highest BCUT2D eigenvalue weighted by molar-refractivity contribution is 6.51. The quantitative estimate of drug-likeness (QED) is 0.380. The molecule has 7 heteroatoms. The molecule has 1 atom stereocenters. The predicted octanol–water partition coefficient (Wildman–Crippen LogP) is 4.60. The average molecular weight is 421 g/mol. The number of aliphatic hydroxyl groups is 1. The molecular formula is C24H17F2NO4. The fraction of sp³-hybridized carbons (Fsp3) is 0.0833. The van der Waals surface area contributed by atoms with Gasteiger partial charge in [0.15, 0.2) is 0 Å². The van der Waals surface area contributed by atoms with E-state index < -0.39 is 35.1 Å². The Hall–Kier alpha value is -4.00. The molecular weight excluding hydrogens is 404 g/mol. The van der Waals surface area contributed by atoms with Crippen LogP contribution in [0.2, 0.25) is 0 Å². The molecule has 5 nitrogen and oxygen atoms in total. The van der Waals surface area contributed by atoms with Crippen LogP contribution in [0.3, 0.4) is 0 Å². The van der Waals surface area contributed by atoms with E-state index in [2.05, 4.69) is 0 Å². The van der Waals surface area contributed by atoms with E-state index in [4.69, 9.17) is 4.74 Å². The second-order valence-corrected chi connectivity index (χ2v) is 6.90. The van der Waals surface area contributed by atoms with E-state index in [0.29, 0.717) is 11.3 Å². The first-order chi connectivity index (χ1) is 14.9. The van der Waals surface area contributed by atoms with Crippen LogP contribution in [0.1, 0.15) is 17.2 Å². The summed E-state index contributed by atoms with van der Waals surface area (Å²) < 4.78 is 32.7. The van der Waals surface area contributed by atoms with Gasteiger partial charge in [0.25, 0.3) is 11.7 Å². The summed E-state index contributed by atoms with van der Waals surface area (Å²) in [5, 5.41) is 11.0. The molecule has 0 bridgehead atoms. The molecule has 0 aromatic heterocycles. The van der Waals surface area contributed by atoms with Gasteiger partial charge in [0.05, 0.1) is 18.7 Å². The standard InChI is InChI=1S/C24H17F2NO4/c1-31-19-8-3-2-7-18(19)21-20(22(28)14-9-11-15(25)12-10-14)23(29)24(30)27(21)17-6-4-5-16(26)13-17/h2-13,21,28H,1H3/b22-20+. The zero-order valence-corrected chi connectivity index (χ0v) is 16.4. The number of Topliss-reactive ketones (excluding diaryl/α,β-unsaturated/α-hetero) is 1. The molecule has 1 unspecified atom stereocenters. The molecule has 31 heavy (non-hydrogen) atoms. The average Bonchev–Trinajstić information content (AvgIpc) is 3.04. The number of ketones is 1. The molecule has 1 fully saturated rings. The van der Waals surface area contributed by atoms with Crippen LogP contribution in [0.4, 0.5) is 14.5 Å². The largest absolute Gasteiger partial charge is 0.507 e. The van der Waals surface area contributed by atoms with Crippen molar-refractivity contribution >= 4 is 23.1 Å². The number of amides is 1. The van der Waals surface area contributed by atoms with Crippen molar-refractivity contribution in [1.82, 2.24) is 0 Å². The van der Waals surface area contributed by atoms with Crippen LogP contribution in [0.15, 0.2) is 78.4 Å². The minimum absolute atomic E-state index is 0.149. The number of rotatable bonds is 4. The summed E-state index contributed by atoms with van der Waals surface area (Å²) in [4.78, 5) is 27.2. The zero-order chi connectivity index (χ0) is 22.1. The molecule has 1 saturated heterocycles. The summed E-state index contributed by atoms with van der Waals surface area (Å²) in [6.45, 7) is 0. The number of carbonyl (C=O) groups is 2. The molecule has 3 aromatic carbocycles. The number of carbonyl (C=O) groups excluding carboxylic acids is 2. The Morgan fingerprint density at radius 3 is 2.32 bits per heavy atom. The van der Waals surface area contributed by atoms with E-state index in [-0.39, 0.29) is 16.8 Å². The van der Waals surface area contributed by atoms with Gasteiger partial charge in [-0.05, 0) is 48.5 Å². The predicted molar refractivity (Wildman–Crippen MR) is 111 cm³/mol. The van der Waals surface area contributed by atoms with Crippen molar-refractivity contribution in [3.8, 4) is 5.75 Å². The number of hydrogen-bond acceptors (Lipinski definition) is 4. The van der Waals surface area contributed by atoms with Gasteiger partial charge in [0.1, 0.15) is 23.1 Å². The van der Waals surface area contributed by atoms with Crippen LogP contribution < -0.4 is 9.64 Å². The third kappa shape index (κ3) is 3.54. The van der Waals surface area contributed by atoms with Crippen LogP contribution in [-0.2, 0) is 9.59 Å². The molecule has 1 amide bonds. The smallest absolute Gasteiger partial charge is 0.300 e. The van der Waals surface area contributed by atoms with Gasteiger partial charge in [-0.1, -0.05) is 24.3 Å². The first-order valence-electron chi connectivity index (χ1n) is 9.38. The van der Waals surface area contributed by atoms with Crippen LogP contribution in [-0.4, -0.2) is 23.9 Å². The van der Waals surface area contributed by atoms with Crippen LogP contribution in [0, 0.1) is 11.6 Å². The van der Waals surface area contributed by atoms with Crippen molar-refractivity contribution in [2.24, 2.45) is 0 Å². The number of anilines is 1. The summed E-state index contributed by atoms with van der Waals surface area (Å²) in [6.07, 6.45) is 0. The van der Waals surface area contributed by atoms with Crippen molar-refractivity contribution in [3.05, 3.63) is 101 Å². The number of nitrogens with zero attached hydrogens (tertiary/aromatic N) is 1. The Bertz CT molecular complexity index is 1200. The maximum Gasteiger partial charge on any atom is 0.300 e. The van der Waals surface area contributed by atoms with Crippen molar-refractivity contribution in [2.75, 3.05) is 12.0 Å². The lowest BCUT2D eigenvalue weighted by Crippen LogP contribution is -2.29. The van der Waals surface area contributed by atoms with E-state index in [1.807, 2.05) is 0 Å². The highest BCUT2D eigenvalue weighted by Crippen LogP contribution is 2.44. The van der Waals surface area contributed by atoms with Gasteiger partial charge < -0.3 is 9.84 Å². The zero-order valence-electron chi connectivity index (χ0n) is 16.4. The van der Waals surface area contributed by atoms with E-state index >= 15 is 0 Å². The molecule has 3 aromatic rings. The molecule has 1 aliphatic rings. The molecule has 0 radical (unpaired) electrons. The van der Waals surface area contributed by atoms with E-state index in [0.717, 1.165) is 23.1 Å². The second kappa shape index (κ2) is 8.02. The van der Waals surface area contributed by atoms with Crippen molar-refractivity contribution in [1.29, 1.82) is 0 Å². The third-order valence-corrected chi connectivity index (χ3v) is 5.08. The summed E-state index contributed by atoms with van der Waals surface area (Å²) in [6, 6.07) is 15.8. The van der Waals surface area contributed by atoms with Crippen molar-refractivity contribution in [2.45, 2.75) is 6.04 Å². The summed E-state index contributed by atoms with van der Waals surface area (Å²) in [7, 11) is 1.44. The molecule has 156 valence electrons. The molecule has 0 aliphatic carbocycles. The number of halogens is 2. The Morgan fingerprint density at radius 1 is 0.935 bits per heavy atom. The Balaban J connectivity index is 1.99. The topological polar surface area (TPSA) is 66.8 Å². The highest BCUT2D eigenvalue weighted by atomic mass is 19.1. The number of para-hydroxylation sites is 1. The first-order valence-corrected chi connectivity index (χ1v) is 9.38. The van der Waals surface area contributed by atoms with E-state index in [9.17, 15) is 23.5 Å². The number of methoxy groups -OCH3 is 1. The van der Waals surface area contributed by atoms with Gasteiger partial charge in [-0.3, -0.25) is 14.5 Å². The number of hydrogen-bond donors (Lipinski definition) is 1. The van der Waals surface area contributed by atoms with E-state index in [1.54, 1.807) is 24.3 Å². The van der Waals surface area contributed by atoms with Gasteiger partial charge in [-0.15, -0.1) is 0 Å². The molecule has 0 saturated carbocycles. The lowest BCUT2D eigenvalue weighted by Gasteiger charge is -2.26. The maximum absolute atomic E-state index is 13.9. The molecule has 4 rings (SSSR count). The summed E-state index contributed by atoms with van der Waals surface area (Å²) in [5.74, 6) is -3.06. The molecule has 1 aliphatic heterocycles. The Morgan fingerprint density at radius 2 is 1.65 bits per heavy atom. The minimum Gasteiger partial charge on any atom is -0.507 e. The number of aliphatic hydroxyl groups excluding tert-OH is 1. The maximum atomic E-state index is 13.9. The number of benzene rings is 3. The fourth-order valence-corrected chi connectivity index (χ4v) is 3.67.